The molecule has 1 unspecified atom stereocenters. The molecule has 0 radical (unpaired) electrons. The first kappa shape index (κ1) is 13.3. The zero-order valence-corrected chi connectivity index (χ0v) is 11.4. The summed E-state index contributed by atoms with van der Waals surface area (Å²) in [6.07, 6.45) is 1.11. The number of para-hydroxylation sites is 1. The van der Waals surface area contributed by atoms with Crippen LogP contribution in [-0.4, -0.2) is 5.91 Å². The molecule has 0 aliphatic rings. The van der Waals surface area contributed by atoms with Crippen molar-refractivity contribution >= 4 is 11.6 Å². The SMILES string of the molecule is CCC(C)c1ccc(C(=O)Nc2ccccc2)cc1. The Bertz CT molecular complexity index is 531. The second-order valence-electron chi connectivity index (χ2n) is 4.75. The summed E-state index contributed by atoms with van der Waals surface area (Å²) in [5.74, 6) is 0.466. The van der Waals surface area contributed by atoms with Gasteiger partial charge in [0.25, 0.3) is 5.91 Å². The van der Waals surface area contributed by atoms with Crippen LogP contribution in [0.1, 0.15) is 42.1 Å². The number of hydrogen-bond acceptors (Lipinski definition) is 1. The minimum Gasteiger partial charge on any atom is -0.322 e. The molecule has 0 saturated heterocycles. The largest absolute Gasteiger partial charge is 0.322 e. The molecule has 2 aromatic carbocycles. The minimum atomic E-state index is -0.0677. The fraction of sp³-hybridized carbons (Fsp3) is 0.235. The molecule has 2 rings (SSSR count). The van der Waals surface area contributed by atoms with E-state index in [0.29, 0.717) is 11.5 Å². The molecule has 0 saturated carbocycles. The number of carbonyl (C=O) groups is 1. The van der Waals surface area contributed by atoms with Crippen LogP contribution in [0.2, 0.25) is 0 Å². The third-order valence-electron chi connectivity index (χ3n) is 3.39. The van der Waals surface area contributed by atoms with Crippen molar-refractivity contribution in [1.82, 2.24) is 0 Å². The standard InChI is InChI=1S/C17H19NO/c1-3-13(2)14-9-11-15(12-10-14)17(19)18-16-7-5-4-6-8-16/h4-13H,3H2,1-2H3,(H,18,19). The van der Waals surface area contributed by atoms with Crippen molar-refractivity contribution < 1.29 is 4.79 Å². The van der Waals surface area contributed by atoms with Crippen LogP contribution in [0.25, 0.3) is 0 Å². The van der Waals surface area contributed by atoms with E-state index in [1.807, 2.05) is 54.6 Å². The number of benzene rings is 2. The van der Waals surface area contributed by atoms with Gasteiger partial charge in [-0.2, -0.15) is 0 Å². The van der Waals surface area contributed by atoms with Crippen molar-refractivity contribution in [3.63, 3.8) is 0 Å². The Balaban J connectivity index is 2.08. The smallest absolute Gasteiger partial charge is 0.255 e. The fourth-order valence-corrected chi connectivity index (χ4v) is 1.92. The van der Waals surface area contributed by atoms with E-state index in [1.54, 1.807) is 0 Å². The van der Waals surface area contributed by atoms with Gasteiger partial charge in [0.1, 0.15) is 0 Å². The lowest BCUT2D eigenvalue weighted by Crippen LogP contribution is -2.11. The van der Waals surface area contributed by atoms with Crippen molar-refractivity contribution in [2.24, 2.45) is 0 Å². The van der Waals surface area contributed by atoms with Gasteiger partial charge >= 0.3 is 0 Å². The summed E-state index contributed by atoms with van der Waals surface area (Å²) < 4.78 is 0. The van der Waals surface area contributed by atoms with Crippen molar-refractivity contribution in [2.45, 2.75) is 26.2 Å². The molecule has 19 heavy (non-hydrogen) atoms. The van der Waals surface area contributed by atoms with E-state index in [4.69, 9.17) is 0 Å². The summed E-state index contributed by atoms with van der Waals surface area (Å²) in [6.45, 7) is 4.36. The maximum atomic E-state index is 12.1. The first-order chi connectivity index (χ1) is 9.20. The highest BCUT2D eigenvalue weighted by molar-refractivity contribution is 6.04. The number of carbonyl (C=O) groups excluding carboxylic acids is 1. The summed E-state index contributed by atoms with van der Waals surface area (Å²) in [7, 11) is 0. The molecular formula is C17H19NO. The lowest BCUT2D eigenvalue weighted by Gasteiger charge is -2.10. The molecular weight excluding hydrogens is 234 g/mol. The van der Waals surface area contributed by atoms with Gasteiger partial charge in [-0.15, -0.1) is 0 Å². The minimum absolute atomic E-state index is 0.0677. The van der Waals surface area contributed by atoms with Gasteiger partial charge in [-0.05, 0) is 42.2 Å². The van der Waals surface area contributed by atoms with Crippen LogP contribution in [-0.2, 0) is 0 Å². The quantitative estimate of drug-likeness (QED) is 0.856. The summed E-state index contributed by atoms with van der Waals surface area (Å²) in [6, 6.07) is 17.3. The van der Waals surface area contributed by atoms with Crippen molar-refractivity contribution in [2.75, 3.05) is 5.32 Å². The number of rotatable bonds is 4. The Morgan fingerprint density at radius 1 is 1.05 bits per heavy atom. The van der Waals surface area contributed by atoms with E-state index >= 15 is 0 Å². The van der Waals surface area contributed by atoms with Crippen LogP contribution in [0.3, 0.4) is 0 Å². The van der Waals surface area contributed by atoms with Crippen LogP contribution in [0.15, 0.2) is 54.6 Å². The third kappa shape index (κ3) is 3.44. The molecule has 0 spiro atoms. The van der Waals surface area contributed by atoms with Gasteiger partial charge in [0.2, 0.25) is 0 Å². The van der Waals surface area contributed by atoms with Gasteiger partial charge in [0.05, 0.1) is 0 Å². The summed E-state index contributed by atoms with van der Waals surface area (Å²) in [5.41, 5.74) is 2.79. The maximum absolute atomic E-state index is 12.1. The van der Waals surface area contributed by atoms with Gasteiger partial charge in [-0.25, -0.2) is 0 Å². The first-order valence-electron chi connectivity index (χ1n) is 6.67. The molecule has 0 aromatic heterocycles. The van der Waals surface area contributed by atoms with Gasteiger partial charge in [-0.1, -0.05) is 44.2 Å². The van der Waals surface area contributed by atoms with Crippen LogP contribution in [0.5, 0.6) is 0 Å². The highest BCUT2D eigenvalue weighted by Gasteiger charge is 2.07. The Morgan fingerprint density at radius 3 is 2.26 bits per heavy atom. The molecule has 0 bridgehead atoms. The predicted molar refractivity (Wildman–Crippen MR) is 79.5 cm³/mol. The van der Waals surface area contributed by atoms with Gasteiger partial charge in [0, 0.05) is 11.3 Å². The molecule has 98 valence electrons. The van der Waals surface area contributed by atoms with E-state index in [9.17, 15) is 4.79 Å². The molecule has 0 fully saturated rings. The summed E-state index contributed by atoms with van der Waals surface area (Å²) in [5, 5.41) is 2.88. The highest BCUT2D eigenvalue weighted by Crippen LogP contribution is 2.19. The molecule has 1 N–H and O–H groups in total. The molecule has 0 aliphatic heterocycles. The average molecular weight is 253 g/mol. The lowest BCUT2D eigenvalue weighted by atomic mass is 9.97. The van der Waals surface area contributed by atoms with Gasteiger partial charge in [0.15, 0.2) is 0 Å². The first-order valence-corrected chi connectivity index (χ1v) is 6.67. The van der Waals surface area contributed by atoms with E-state index in [0.717, 1.165) is 12.1 Å². The van der Waals surface area contributed by atoms with E-state index < -0.39 is 0 Å². The highest BCUT2D eigenvalue weighted by atomic mass is 16.1. The summed E-state index contributed by atoms with van der Waals surface area (Å²) >= 11 is 0. The van der Waals surface area contributed by atoms with Gasteiger partial charge in [-0.3, -0.25) is 4.79 Å². The number of nitrogens with one attached hydrogen (secondary N) is 1. The zero-order chi connectivity index (χ0) is 13.7. The topological polar surface area (TPSA) is 29.1 Å². The molecule has 2 nitrogen and oxygen atoms in total. The number of anilines is 1. The number of hydrogen-bond donors (Lipinski definition) is 1. The Labute approximate surface area is 114 Å². The monoisotopic (exact) mass is 253 g/mol. The zero-order valence-electron chi connectivity index (χ0n) is 11.4. The second kappa shape index (κ2) is 6.19. The Kier molecular flexibility index (Phi) is 4.35. The Hall–Kier alpha value is -2.09. The van der Waals surface area contributed by atoms with Crippen LogP contribution in [0, 0.1) is 0 Å². The average Bonchev–Trinajstić information content (AvgIpc) is 2.47. The number of amides is 1. The van der Waals surface area contributed by atoms with Crippen LogP contribution >= 0.6 is 0 Å². The molecule has 0 heterocycles. The van der Waals surface area contributed by atoms with E-state index in [1.165, 1.54) is 5.56 Å². The normalized spacial score (nSPS) is 11.9. The molecule has 2 heteroatoms. The molecule has 1 amide bonds. The van der Waals surface area contributed by atoms with E-state index in [-0.39, 0.29) is 5.91 Å². The van der Waals surface area contributed by atoms with E-state index in [2.05, 4.69) is 19.2 Å². The fourth-order valence-electron chi connectivity index (χ4n) is 1.92. The molecule has 1 atom stereocenters. The summed E-state index contributed by atoms with van der Waals surface area (Å²) in [4.78, 5) is 12.1. The van der Waals surface area contributed by atoms with Crippen molar-refractivity contribution in [3.05, 3.63) is 65.7 Å². The molecule has 2 aromatic rings. The second-order valence-corrected chi connectivity index (χ2v) is 4.75. The maximum Gasteiger partial charge on any atom is 0.255 e. The predicted octanol–water partition coefficient (Wildman–Crippen LogP) is 4.45. The van der Waals surface area contributed by atoms with Gasteiger partial charge < -0.3 is 5.32 Å². The van der Waals surface area contributed by atoms with Crippen LogP contribution in [0.4, 0.5) is 5.69 Å². The van der Waals surface area contributed by atoms with Crippen molar-refractivity contribution in [1.29, 1.82) is 0 Å². The molecule has 0 aliphatic carbocycles. The van der Waals surface area contributed by atoms with Crippen LogP contribution < -0.4 is 5.32 Å². The van der Waals surface area contributed by atoms with Crippen molar-refractivity contribution in [3.8, 4) is 0 Å². The lowest BCUT2D eigenvalue weighted by molar-refractivity contribution is 0.102. The third-order valence-corrected chi connectivity index (χ3v) is 3.39. The Morgan fingerprint density at radius 2 is 1.68 bits per heavy atom.